The minimum absolute atomic E-state index is 0.198. The van der Waals surface area contributed by atoms with Gasteiger partial charge in [-0.2, -0.15) is 0 Å². The molecule has 0 saturated carbocycles. The van der Waals surface area contributed by atoms with E-state index in [1.165, 1.54) is 0 Å². The highest BCUT2D eigenvalue weighted by atomic mass is 31.2. The molecule has 0 aromatic rings. The van der Waals surface area contributed by atoms with E-state index in [1.807, 2.05) is 0 Å². The van der Waals surface area contributed by atoms with Gasteiger partial charge in [-0.25, -0.2) is 4.79 Å². The second-order valence-corrected chi connectivity index (χ2v) is 6.81. The molecule has 1 atom stereocenters. The van der Waals surface area contributed by atoms with E-state index >= 15 is 0 Å². The number of carbonyl (C=O) groups is 2. The molecule has 23 heavy (non-hydrogen) atoms. The van der Waals surface area contributed by atoms with Crippen LogP contribution < -0.4 is 5.32 Å². The summed E-state index contributed by atoms with van der Waals surface area (Å²) in [5.41, 5.74) is 0.390. The van der Waals surface area contributed by atoms with Crippen molar-refractivity contribution < 1.29 is 27.9 Å². The standard InChI is InChI=1S/C15H24NO6P/c1-4-20-15(18)12-8-7-9-13(10-12)16-14(17)11-23(19,21-5-2)22-6-3/h7-8,10,13H,4-6,9,11H2,1-3H3,(H,16,17). The van der Waals surface area contributed by atoms with E-state index in [0.29, 0.717) is 12.0 Å². The fourth-order valence-electron chi connectivity index (χ4n) is 2.08. The van der Waals surface area contributed by atoms with Crippen molar-refractivity contribution in [2.75, 3.05) is 26.0 Å². The van der Waals surface area contributed by atoms with Crippen molar-refractivity contribution in [3.8, 4) is 0 Å². The topological polar surface area (TPSA) is 90.9 Å². The Hall–Kier alpha value is -1.43. The summed E-state index contributed by atoms with van der Waals surface area (Å²) < 4.78 is 27.4. The van der Waals surface area contributed by atoms with Crippen molar-refractivity contribution >= 4 is 19.5 Å². The third-order valence-electron chi connectivity index (χ3n) is 2.91. The largest absolute Gasteiger partial charge is 0.462 e. The summed E-state index contributed by atoms with van der Waals surface area (Å²) >= 11 is 0. The summed E-state index contributed by atoms with van der Waals surface area (Å²) in [5.74, 6) is -0.882. The Kier molecular flexibility index (Phi) is 8.23. The number of carbonyl (C=O) groups excluding carboxylic acids is 2. The maximum Gasteiger partial charge on any atom is 0.340 e. The Morgan fingerprint density at radius 1 is 1.22 bits per heavy atom. The molecule has 1 aliphatic carbocycles. The lowest BCUT2D eigenvalue weighted by Crippen LogP contribution is -2.36. The first-order chi connectivity index (χ1) is 10.9. The molecule has 0 aromatic carbocycles. The first kappa shape index (κ1) is 19.6. The quantitative estimate of drug-likeness (QED) is 0.509. The zero-order valence-corrected chi connectivity index (χ0v) is 14.6. The summed E-state index contributed by atoms with van der Waals surface area (Å²) in [6, 6.07) is -0.358. The maximum absolute atomic E-state index is 12.3. The van der Waals surface area contributed by atoms with Gasteiger partial charge in [-0.1, -0.05) is 12.2 Å². The number of ether oxygens (including phenoxy) is 1. The van der Waals surface area contributed by atoms with Gasteiger partial charge in [-0.3, -0.25) is 9.36 Å². The first-order valence-electron chi connectivity index (χ1n) is 7.67. The van der Waals surface area contributed by atoms with Gasteiger partial charge in [0.1, 0.15) is 6.16 Å². The number of amides is 1. The normalized spacial score (nSPS) is 17.5. The predicted molar refractivity (Wildman–Crippen MR) is 86.1 cm³/mol. The molecule has 0 saturated heterocycles. The Morgan fingerprint density at radius 2 is 1.87 bits per heavy atom. The van der Waals surface area contributed by atoms with Gasteiger partial charge in [0.15, 0.2) is 0 Å². The van der Waals surface area contributed by atoms with Crippen LogP contribution in [0, 0.1) is 0 Å². The number of hydrogen-bond acceptors (Lipinski definition) is 6. The number of esters is 1. The molecule has 1 rings (SSSR count). The minimum atomic E-state index is -3.43. The highest BCUT2D eigenvalue weighted by Gasteiger charge is 2.28. The van der Waals surface area contributed by atoms with Crippen LogP contribution in [0.15, 0.2) is 23.8 Å². The van der Waals surface area contributed by atoms with E-state index < -0.39 is 19.5 Å². The Labute approximate surface area is 136 Å². The van der Waals surface area contributed by atoms with Crippen LogP contribution in [0.25, 0.3) is 0 Å². The van der Waals surface area contributed by atoms with Gasteiger partial charge >= 0.3 is 13.6 Å². The molecule has 1 aliphatic rings. The van der Waals surface area contributed by atoms with Crippen LogP contribution in [0.3, 0.4) is 0 Å². The van der Waals surface area contributed by atoms with Gasteiger partial charge in [0.25, 0.3) is 0 Å². The smallest absolute Gasteiger partial charge is 0.340 e. The fraction of sp³-hybridized carbons (Fsp3) is 0.600. The van der Waals surface area contributed by atoms with E-state index in [2.05, 4.69) is 5.32 Å². The summed E-state index contributed by atoms with van der Waals surface area (Å²) in [6.07, 6.45) is 5.26. The van der Waals surface area contributed by atoms with Crippen molar-refractivity contribution in [2.24, 2.45) is 0 Å². The van der Waals surface area contributed by atoms with Crippen molar-refractivity contribution in [3.63, 3.8) is 0 Å². The van der Waals surface area contributed by atoms with Gasteiger partial charge in [-0.05, 0) is 33.3 Å². The molecule has 1 N–H and O–H groups in total. The number of nitrogens with one attached hydrogen (secondary N) is 1. The molecule has 130 valence electrons. The zero-order chi connectivity index (χ0) is 17.3. The third-order valence-corrected chi connectivity index (χ3v) is 4.89. The minimum Gasteiger partial charge on any atom is -0.462 e. The Balaban J connectivity index is 2.64. The summed E-state index contributed by atoms with van der Waals surface area (Å²) in [7, 11) is -3.43. The van der Waals surface area contributed by atoms with Crippen molar-refractivity contribution in [3.05, 3.63) is 23.8 Å². The highest BCUT2D eigenvalue weighted by molar-refractivity contribution is 7.54. The molecule has 0 radical (unpaired) electrons. The molecular formula is C15H24NO6P. The van der Waals surface area contributed by atoms with E-state index in [-0.39, 0.29) is 32.0 Å². The van der Waals surface area contributed by atoms with Crippen LogP contribution in [0.2, 0.25) is 0 Å². The maximum atomic E-state index is 12.3. The summed E-state index contributed by atoms with van der Waals surface area (Å²) in [4.78, 5) is 23.8. The van der Waals surface area contributed by atoms with Crippen LogP contribution >= 0.6 is 7.60 Å². The van der Waals surface area contributed by atoms with Crippen molar-refractivity contribution in [1.29, 1.82) is 0 Å². The third kappa shape index (κ3) is 6.69. The zero-order valence-electron chi connectivity index (χ0n) is 13.7. The van der Waals surface area contributed by atoms with Crippen molar-refractivity contribution in [2.45, 2.75) is 33.2 Å². The number of rotatable bonds is 9. The molecule has 0 aromatic heterocycles. The van der Waals surface area contributed by atoms with Crippen LogP contribution in [0.4, 0.5) is 0 Å². The average Bonchev–Trinajstić information content (AvgIpc) is 2.47. The molecule has 0 heterocycles. The molecule has 7 nitrogen and oxygen atoms in total. The molecule has 0 fully saturated rings. The van der Waals surface area contributed by atoms with E-state index in [0.717, 1.165) is 0 Å². The summed E-state index contributed by atoms with van der Waals surface area (Å²) in [6.45, 7) is 5.77. The van der Waals surface area contributed by atoms with Crippen LogP contribution in [-0.2, 0) is 27.9 Å². The molecule has 1 amide bonds. The number of hydrogen-bond donors (Lipinski definition) is 1. The molecule has 0 bridgehead atoms. The summed E-state index contributed by atoms with van der Waals surface area (Å²) in [5, 5.41) is 2.71. The lowest BCUT2D eigenvalue weighted by molar-refractivity contribution is -0.138. The van der Waals surface area contributed by atoms with Gasteiger partial charge in [-0.15, -0.1) is 0 Å². The second kappa shape index (κ2) is 9.65. The molecule has 8 heteroatoms. The highest BCUT2D eigenvalue weighted by Crippen LogP contribution is 2.47. The van der Waals surface area contributed by atoms with Gasteiger partial charge in [0.05, 0.1) is 31.4 Å². The van der Waals surface area contributed by atoms with Crippen molar-refractivity contribution in [1.82, 2.24) is 5.32 Å². The van der Waals surface area contributed by atoms with Gasteiger partial charge in [0, 0.05) is 0 Å². The Bertz CT molecular complexity index is 518. The first-order valence-corrected chi connectivity index (χ1v) is 9.39. The van der Waals surface area contributed by atoms with E-state index in [9.17, 15) is 14.2 Å². The molecular weight excluding hydrogens is 321 g/mol. The van der Waals surface area contributed by atoms with Gasteiger partial charge in [0.2, 0.25) is 5.91 Å². The monoisotopic (exact) mass is 345 g/mol. The lowest BCUT2D eigenvalue weighted by Gasteiger charge is -2.20. The van der Waals surface area contributed by atoms with E-state index in [4.69, 9.17) is 13.8 Å². The molecule has 0 spiro atoms. The SMILES string of the molecule is CCOC(=O)C1=CC(NC(=O)CP(=O)(OCC)OCC)CC=C1. The van der Waals surface area contributed by atoms with Crippen LogP contribution in [-0.4, -0.2) is 43.9 Å². The Morgan fingerprint density at radius 3 is 2.43 bits per heavy atom. The molecule has 0 aliphatic heterocycles. The predicted octanol–water partition coefficient (Wildman–Crippen LogP) is 2.19. The second-order valence-electron chi connectivity index (χ2n) is 4.76. The van der Waals surface area contributed by atoms with Gasteiger partial charge < -0.3 is 19.1 Å². The fourth-order valence-corrected chi connectivity index (χ4v) is 3.57. The van der Waals surface area contributed by atoms with E-state index in [1.54, 1.807) is 39.0 Å². The average molecular weight is 345 g/mol. The lowest BCUT2D eigenvalue weighted by atomic mass is 10.0. The van der Waals surface area contributed by atoms with Crippen LogP contribution in [0.5, 0.6) is 0 Å². The molecule has 1 unspecified atom stereocenters. The van der Waals surface area contributed by atoms with Crippen LogP contribution in [0.1, 0.15) is 27.2 Å².